The van der Waals surface area contributed by atoms with Gasteiger partial charge in [-0.05, 0) is 31.2 Å². The second-order valence-corrected chi connectivity index (χ2v) is 3.30. The van der Waals surface area contributed by atoms with Crippen LogP contribution >= 0.6 is 0 Å². The van der Waals surface area contributed by atoms with E-state index >= 15 is 0 Å². The van der Waals surface area contributed by atoms with E-state index in [-0.39, 0.29) is 12.2 Å². The molecular weight excluding hydrogens is 220 g/mol. The maximum atomic E-state index is 11.8. The number of nitriles is 1. The lowest BCUT2D eigenvalue weighted by atomic mass is 9.99. The second kappa shape index (κ2) is 5.66. The highest BCUT2D eigenvalue weighted by Crippen LogP contribution is 2.12. The van der Waals surface area contributed by atoms with E-state index in [4.69, 9.17) is 11.0 Å². The molecule has 0 heterocycles. The molecule has 0 amide bonds. The van der Waals surface area contributed by atoms with Crippen molar-refractivity contribution in [3.8, 4) is 6.07 Å². The number of hydrogen-bond acceptors (Lipinski definition) is 5. The Hall–Kier alpha value is -2.35. The van der Waals surface area contributed by atoms with Crippen LogP contribution in [0.1, 0.15) is 17.3 Å². The predicted molar refractivity (Wildman–Crippen MR) is 60.9 cm³/mol. The van der Waals surface area contributed by atoms with Crippen molar-refractivity contribution in [2.24, 2.45) is 5.92 Å². The molecule has 0 spiro atoms. The highest BCUT2D eigenvalue weighted by molar-refractivity contribution is 6.10. The Balaban J connectivity index is 2.91. The summed E-state index contributed by atoms with van der Waals surface area (Å²) in [6.07, 6.45) is 0. The van der Waals surface area contributed by atoms with Crippen LogP contribution in [0.4, 0.5) is 5.69 Å². The van der Waals surface area contributed by atoms with Gasteiger partial charge in [0.05, 0.1) is 12.7 Å². The standard InChI is InChI=1S/C12H12N2O3/c1-2-17-12(16)10(7-13)11(15)8-3-5-9(14)6-4-8/h3-6,10H,2,14H2,1H3/t10-/m1/s1. The Morgan fingerprint density at radius 1 is 1.41 bits per heavy atom. The number of Topliss-reactive ketones (excluding diaryl/α,β-unsaturated/α-hetero) is 1. The second-order valence-electron chi connectivity index (χ2n) is 3.30. The van der Waals surface area contributed by atoms with E-state index in [9.17, 15) is 9.59 Å². The molecule has 1 aromatic rings. The summed E-state index contributed by atoms with van der Waals surface area (Å²) in [6, 6.07) is 7.66. The average Bonchev–Trinajstić information content (AvgIpc) is 2.31. The molecule has 5 nitrogen and oxygen atoms in total. The third-order valence-corrected chi connectivity index (χ3v) is 2.11. The number of carbonyl (C=O) groups excluding carboxylic acids is 2. The molecule has 0 radical (unpaired) electrons. The monoisotopic (exact) mass is 232 g/mol. The van der Waals surface area contributed by atoms with Crippen LogP contribution in [0.15, 0.2) is 24.3 Å². The minimum atomic E-state index is -1.42. The topological polar surface area (TPSA) is 93.2 Å². The van der Waals surface area contributed by atoms with Crippen LogP contribution in [-0.2, 0) is 9.53 Å². The molecule has 1 aromatic carbocycles. The lowest BCUT2D eigenvalue weighted by Gasteiger charge is -2.07. The maximum Gasteiger partial charge on any atom is 0.331 e. The van der Waals surface area contributed by atoms with E-state index in [0.29, 0.717) is 5.69 Å². The number of ketones is 1. The summed E-state index contributed by atoms with van der Waals surface area (Å²) in [7, 11) is 0. The van der Waals surface area contributed by atoms with Crippen LogP contribution in [0.3, 0.4) is 0 Å². The third kappa shape index (κ3) is 3.05. The summed E-state index contributed by atoms with van der Waals surface area (Å²) in [5.74, 6) is -2.82. The summed E-state index contributed by atoms with van der Waals surface area (Å²) >= 11 is 0. The largest absolute Gasteiger partial charge is 0.465 e. The zero-order valence-corrected chi connectivity index (χ0v) is 9.34. The number of rotatable bonds is 4. The van der Waals surface area contributed by atoms with Gasteiger partial charge in [-0.25, -0.2) is 0 Å². The van der Waals surface area contributed by atoms with Crippen molar-refractivity contribution in [3.05, 3.63) is 29.8 Å². The van der Waals surface area contributed by atoms with Crippen LogP contribution in [0, 0.1) is 17.2 Å². The number of anilines is 1. The van der Waals surface area contributed by atoms with E-state index in [1.165, 1.54) is 24.3 Å². The number of nitrogens with two attached hydrogens (primary N) is 1. The van der Waals surface area contributed by atoms with Crippen LogP contribution in [0.25, 0.3) is 0 Å². The fourth-order valence-electron chi connectivity index (χ4n) is 1.26. The van der Waals surface area contributed by atoms with E-state index in [2.05, 4.69) is 4.74 Å². The van der Waals surface area contributed by atoms with Gasteiger partial charge in [-0.3, -0.25) is 9.59 Å². The Labute approximate surface area is 98.8 Å². The molecule has 0 saturated heterocycles. The van der Waals surface area contributed by atoms with Gasteiger partial charge < -0.3 is 10.5 Å². The first kappa shape index (κ1) is 12.7. The van der Waals surface area contributed by atoms with Gasteiger partial charge in [-0.15, -0.1) is 0 Å². The smallest absolute Gasteiger partial charge is 0.331 e. The summed E-state index contributed by atoms with van der Waals surface area (Å²) in [4.78, 5) is 23.2. The molecule has 0 aliphatic heterocycles. The predicted octanol–water partition coefficient (Wildman–Crippen LogP) is 1.15. The summed E-state index contributed by atoms with van der Waals surface area (Å²) < 4.78 is 4.65. The van der Waals surface area contributed by atoms with Crippen LogP contribution in [0.5, 0.6) is 0 Å². The van der Waals surface area contributed by atoms with Crippen molar-refractivity contribution in [1.29, 1.82) is 5.26 Å². The Kier molecular flexibility index (Phi) is 4.23. The number of carbonyl (C=O) groups is 2. The molecule has 0 aromatic heterocycles. The van der Waals surface area contributed by atoms with Crippen molar-refractivity contribution in [2.45, 2.75) is 6.92 Å². The van der Waals surface area contributed by atoms with Crippen molar-refractivity contribution in [2.75, 3.05) is 12.3 Å². The quantitative estimate of drug-likeness (QED) is 0.364. The van der Waals surface area contributed by atoms with Gasteiger partial charge in [0, 0.05) is 11.3 Å². The summed E-state index contributed by atoms with van der Waals surface area (Å²) in [5, 5.41) is 8.81. The third-order valence-electron chi connectivity index (χ3n) is 2.11. The number of nitrogen functional groups attached to an aromatic ring is 1. The van der Waals surface area contributed by atoms with Gasteiger partial charge in [-0.1, -0.05) is 0 Å². The molecule has 0 aliphatic rings. The van der Waals surface area contributed by atoms with Crippen LogP contribution in [-0.4, -0.2) is 18.4 Å². The molecule has 5 heteroatoms. The van der Waals surface area contributed by atoms with E-state index < -0.39 is 17.7 Å². The first-order chi connectivity index (χ1) is 8.10. The van der Waals surface area contributed by atoms with Gasteiger partial charge in [0.1, 0.15) is 0 Å². The first-order valence-corrected chi connectivity index (χ1v) is 5.06. The SMILES string of the molecule is CCOC(=O)[C@H](C#N)C(=O)c1ccc(N)cc1. The number of esters is 1. The molecule has 0 aliphatic carbocycles. The number of nitrogens with zero attached hydrogens (tertiary/aromatic N) is 1. The number of hydrogen-bond donors (Lipinski definition) is 1. The van der Waals surface area contributed by atoms with Gasteiger partial charge in [0.25, 0.3) is 0 Å². The van der Waals surface area contributed by atoms with Crippen molar-refractivity contribution < 1.29 is 14.3 Å². The van der Waals surface area contributed by atoms with Crippen molar-refractivity contribution in [1.82, 2.24) is 0 Å². The average molecular weight is 232 g/mol. The molecule has 17 heavy (non-hydrogen) atoms. The van der Waals surface area contributed by atoms with Gasteiger partial charge in [0.2, 0.25) is 5.92 Å². The highest BCUT2D eigenvalue weighted by Gasteiger charge is 2.28. The van der Waals surface area contributed by atoms with E-state index in [0.717, 1.165) is 0 Å². The lowest BCUT2D eigenvalue weighted by Crippen LogP contribution is -2.24. The summed E-state index contributed by atoms with van der Waals surface area (Å²) in [5.41, 5.74) is 6.24. The summed E-state index contributed by atoms with van der Waals surface area (Å²) in [6.45, 7) is 1.74. The molecule has 1 atom stereocenters. The Bertz CT molecular complexity index is 460. The van der Waals surface area contributed by atoms with Crippen LogP contribution < -0.4 is 5.73 Å². The van der Waals surface area contributed by atoms with Crippen molar-refractivity contribution >= 4 is 17.4 Å². The highest BCUT2D eigenvalue weighted by atomic mass is 16.5. The fourth-order valence-corrected chi connectivity index (χ4v) is 1.26. The molecule has 0 saturated carbocycles. The van der Waals surface area contributed by atoms with Crippen LogP contribution in [0.2, 0.25) is 0 Å². The Morgan fingerprint density at radius 2 is 2.00 bits per heavy atom. The van der Waals surface area contributed by atoms with Gasteiger partial charge >= 0.3 is 5.97 Å². The molecule has 1 rings (SSSR count). The van der Waals surface area contributed by atoms with Gasteiger partial charge in [0.15, 0.2) is 5.78 Å². The zero-order valence-electron chi connectivity index (χ0n) is 9.34. The lowest BCUT2D eigenvalue weighted by molar-refractivity contribution is -0.144. The first-order valence-electron chi connectivity index (χ1n) is 5.06. The Morgan fingerprint density at radius 3 is 2.47 bits per heavy atom. The minimum Gasteiger partial charge on any atom is -0.465 e. The number of benzene rings is 1. The van der Waals surface area contributed by atoms with Crippen molar-refractivity contribution in [3.63, 3.8) is 0 Å². The number of ether oxygens (including phenoxy) is 1. The van der Waals surface area contributed by atoms with E-state index in [1.807, 2.05) is 0 Å². The molecule has 0 bridgehead atoms. The molecule has 0 unspecified atom stereocenters. The molecule has 88 valence electrons. The minimum absolute atomic E-state index is 0.131. The fraction of sp³-hybridized carbons (Fsp3) is 0.250. The zero-order chi connectivity index (χ0) is 12.8. The molecule has 2 N–H and O–H groups in total. The van der Waals surface area contributed by atoms with E-state index in [1.54, 1.807) is 13.0 Å². The maximum absolute atomic E-state index is 11.8. The molecule has 0 fully saturated rings. The van der Waals surface area contributed by atoms with Gasteiger partial charge in [-0.2, -0.15) is 5.26 Å². The normalized spacial score (nSPS) is 11.3. The molecular formula is C12H12N2O3.